The van der Waals surface area contributed by atoms with E-state index in [9.17, 15) is 14.0 Å². The molecule has 0 radical (unpaired) electrons. The molecule has 2 amide bonds. The minimum absolute atomic E-state index is 0.110. The number of halogens is 1. The van der Waals surface area contributed by atoms with Crippen molar-refractivity contribution in [3.05, 3.63) is 30.0 Å². The van der Waals surface area contributed by atoms with Crippen LogP contribution in [-0.2, 0) is 4.79 Å². The quantitative estimate of drug-likeness (QED) is 0.835. The summed E-state index contributed by atoms with van der Waals surface area (Å²) >= 11 is 0. The van der Waals surface area contributed by atoms with Crippen LogP contribution in [0.3, 0.4) is 0 Å². The monoisotopic (exact) mass is 359 g/mol. The molecular weight excluding hydrogens is 341 g/mol. The second kappa shape index (κ2) is 5.55. The van der Waals surface area contributed by atoms with E-state index in [-0.39, 0.29) is 24.0 Å². The van der Waals surface area contributed by atoms with Gasteiger partial charge in [0.1, 0.15) is 12.4 Å². The number of amides is 2. The maximum absolute atomic E-state index is 14.4. The summed E-state index contributed by atoms with van der Waals surface area (Å²) in [6.07, 6.45) is 1.54. The molecule has 4 rings (SSSR count). The van der Waals surface area contributed by atoms with Crippen molar-refractivity contribution in [3.8, 4) is 11.6 Å². The molecule has 4 atom stereocenters. The van der Waals surface area contributed by atoms with Gasteiger partial charge in [0.25, 0.3) is 11.8 Å². The molecule has 1 aromatic heterocycles. The molecule has 3 N–H and O–H groups in total. The fraction of sp³-hybridized carbons (Fsp3) is 0.389. The zero-order valence-electron chi connectivity index (χ0n) is 14.3. The molecule has 1 aromatic carbocycles. The summed E-state index contributed by atoms with van der Waals surface area (Å²) in [5.74, 6) is -1.21. The Morgan fingerprint density at radius 1 is 1.46 bits per heavy atom. The Morgan fingerprint density at radius 2 is 2.23 bits per heavy atom. The Bertz CT molecular complexity index is 934. The molecule has 1 saturated carbocycles. The molecule has 1 saturated heterocycles. The molecule has 7 nitrogen and oxygen atoms in total. The van der Waals surface area contributed by atoms with E-state index in [2.05, 4.69) is 10.3 Å². The number of nitrogens with one attached hydrogen (secondary N) is 1. The SMILES string of the molecule is COc1cc2c(OCC3NC(=O)[C@]4(F)C(C)[C@@H]34)nccc2cc1C(N)=O. The highest BCUT2D eigenvalue weighted by Crippen LogP contribution is 2.59. The van der Waals surface area contributed by atoms with Crippen LogP contribution in [0.4, 0.5) is 4.39 Å². The van der Waals surface area contributed by atoms with Gasteiger partial charge in [-0.25, -0.2) is 9.37 Å². The van der Waals surface area contributed by atoms with E-state index in [1.807, 2.05) is 0 Å². The molecule has 26 heavy (non-hydrogen) atoms. The summed E-state index contributed by atoms with van der Waals surface area (Å²) in [7, 11) is 1.44. The highest BCUT2D eigenvalue weighted by Gasteiger charge is 2.75. The molecule has 136 valence electrons. The molecule has 0 bridgehead atoms. The van der Waals surface area contributed by atoms with Gasteiger partial charge < -0.3 is 20.5 Å². The van der Waals surface area contributed by atoms with Crippen LogP contribution in [0.1, 0.15) is 17.3 Å². The van der Waals surface area contributed by atoms with E-state index < -0.39 is 23.5 Å². The van der Waals surface area contributed by atoms with Crippen LogP contribution in [0.5, 0.6) is 11.6 Å². The Kier molecular flexibility index (Phi) is 3.54. The van der Waals surface area contributed by atoms with Crippen molar-refractivity contribution in [1.29, 1.82) is 0 Å². The van der Waals surface area contributed by atoms with Gasteiger partial charge in [-0.2, -0.15) is 0 Å². The topological polar surface area (TPSA) is 104 Å². The van der Waals surface area contributed by atoms with Gasteiger partial charge in [0, 0.05) is 23.4 Å². The molecule has 2 heterocycles. The first-order valence-corrected chi connectivity index (χ1v) is 8.27. The Hall–Kier alpha value is -2.90. The number of primary amides is 1. The summed E-state index contributed by atoms with van der Waals surface area (Å²) in [6.45, 7) is 1.83. The number of nitrogens with two attached hydrogens (primary N) is 1. The average molecular weight is 359 g/mol. The maximum Gasteiger partial charge on any atom is 0.258 e. The molecule has 0 spiro atoms. The third-order valence-corrected chi connectivity index (χ3v) is 5.39. The van der Waals surface area contributed by atoms with Crippen molar-refractivity contribution >= 4 is 22.6 Å². The number of carbonyl (C=O) groups is 2. The number of carbonyl (C=O) groups excluding carboxylic acids is 2. The zero-order chi connectivity index (χ0) is 18.6. The second-order valence-electron chi connectivity index (χ2n) is 6.73. The largest absolute Gasteiger partial charge is 0.496 e. The second-order valence-corrected chi connectivity index (χ2v) is 6.73. The van der Waals surface area contributed by atoms with E-state index in [4.69, 9.17) is 15.2 Å². The molecule has 1 aliphatic carbocycles. The third kappa shape index (κ3) is 2.21. The minimum atomic E-state index is -1.76. The number of nitrogens with zero attached hydrogens (tertiary/aromatic N) is 1. The van der Waals surface area contributed by atoms with Crippen molar-refractivity contribution in [2.75, 3.05) is 13.7 Å². The Labute approximate surface area is 148 Å². The van der Waals surface area contributed by atoms with Crippen molar-refractivity contribution in [1.82, 2.24) is 10.3 Å². The lowest BCUT2D eigenvalue weighted by Gasteiger charge is -2.16. The van der Waals surface area contributed by atoms with E-state index in [0.29, 0.717) is 22.4 Å². The summed E-state index contributed by atoms with van der Waals surface area (Å²) in [5.41, 5.74) is 3.87. The molecule has 2 aliphatic rings. The van der Waals surface area contributed by atoms with Crippen molar-refractivity contribution in [2.45, 2.75) is 18.6 Å². The van der Waals surface area contributed by atoms with E-state index in [1.165, 1.54) is 7.11 Å². The Morgan fingerprint density at radius 3 is 2.85 bits per heavy atom. The number of fused-ring (bicyclic) bond motifs is 2. The van der Waals surface area contributed by atoms with Crippen LogP contribution in [0.15, 0.2) is 24.4 Å². The van der Waals surface area contributed by atoms with Crippen LogP contribution < -0.4 is 20.5 Å². The van der Waals surface area contributed by atoms with Gasteiger partial charge in [-0.1, -0.05) is 6.92 Å². The van der Waals surface area contributed by atoms with Gasteiger partial charge in [-0.15, -0.1) is 0 Å². The lowest BCUT2D eigenvalue weighted by molar-refractivity contribution is -0.126. The van der Waals surface area contributed by atoms with E-state index in [0.717, 1.165) is 0 Å². The van der Waals surface area contributed by atoms with E-state index >= 15 is 0 Å². The number of methoxy groups -OCH3 is 1. The molecule has 2 unspecified atom stereocenters. The maximum atomic E-state index is 14.4. The van der Waals surface area contributed by atoms with Crippen LogP contribution in [0, 0.1) is 11.8 Å². The summed E-state index contributed by atoms with van der Waals surface area (Å²) in [5, 5.41) is 3.98. The first-order chi connectivity index (χ1) is 12.4. The highest BCUT2D eigenvalue weighted by molar-refractivity contribution is 6.01. The van der Waals surface area contributed by atoms with Gasteiger partial charge in [0.2, 0.25) is 5.88 Å². The summed E-state index contributed by atoms with van der Waals surface area (Å²) in [4.78, 5) is 27.5. The minimum Gasteiger partial charge on any atom is -0.496 e. The lowest BCUT2D eigenvalue weighted by Crippen LogP contribution is -2.38. The van der Waals surface area contributed by atoms with Gasteiger partial charge in [-0.3, -0.25) is 9.59 Å². The van der Waals surface area contributed by atoms with Crippen molar-refractivity contribution in [2.24, 2.45) is 17.6 Å². The first kappa shape index (κ1) is 16.6. The first-order valence-electron chi connectivity index (χ1n) is 8.27. The molecule has 1 aliphatic heterocycles. The molecule has 2 aromatic rings. The fourth-order valence-corrected chi connectivity index (χ4v) is 3.89. The van der Waals surface area contributed by atoms with Crippen LogP contribution in [-0.4, -0.2) is 42.2 Å². The van der Waals surface area contributed by atoms with Crippen LogP contribution in [0.2, 0.25) is 0 Å². The number of rotatable bonds is 5. The van der Waals surface area contributed by atoms with Crippen LogP contribution in [0.25, 0.3) is 10.8 Å². The summed E-state index contributed by atoms with van der Waals surface area (Å²) < 4.78 is 25.4. The highest BCUT2D eigenvalue weighted by atomic mass is 19.1. The predicted octanol–water partition coefficient (Wildman–Crippen LogP) is 1.19. The Balaban J connectivity index is 1.61. The van der Waals surface area contributed by atoms with Crippen molar-refractivity contribution in [3.63, 3.8) is 0 Å². The number of pyridine rings is 1. The van der Waals surface area contributed by atoms with Crippen molar-refractivity contribution < 1.29 is 23.5 Å². The fourth-order valence-electron chi connectivity index (χ4n) is 3.89. The van der Waals surface area contributed by atoms with Gasteiger partial charge in [0.05, 0.1) is 18.7 Å². The number of piperidine rings is 1. The molecule has 2 fully saturated rings. The normalized spacial score (nSPS) is 29.2. The third-order valence-electron chi connectivity index (χ3n) is 5.39. The molecule has 8 heteroatoms. The number of hydrogen-bond acceptors (Lipinski definition) is 5. The van der Waals surface area contributed by atoms with Gasteiger partial charge >= 0.3 is 0 Å². The smallest absolute Gasteiger partial charge is 0.258 e. The number of hydrogen-bond donors (Lipinski definition) is 2. The standard InChI is InChI=1S/C18H18FN3O4/c1-8-14-12(22-17(24)18(8,14)19)7-26-16-10-6-13(25-2)11(15(20)23)5-9(10)3-4-21-16/h3-6,8,12,14H,7H2,1-2H3,(H2,20,23)(H,22,24)/t8?,12?,14-,18-/m0/s1. The number of aromatic nitrogens is 1. The number of ether oxygens (including phenoxy) is 2. The predicted molar refractivity (Wildman–Crippen MR) is 90.7 cm³/mol. The average Bonchev–Trinajstić information content (AvgIpc) is 3.07. The van der Waals surface area contributed by atoms with E-state index in [1.54, 1.807) is 31.3 Å². The van der Waals surface area contributed by atoms with Gasteiger partial charge in [0.15, 0.2) is 5.67 Å². The van der Waals surface area contributed by atoms with Crippen LogP contribution >= 0.6 is 0 Å². The van der Waals surface area contributed by atoms with Gasteiger partial charge in [-0.05, 0) is 23.6 Å². The lowest BCUT2D eigenvalue weighted by atomic mass is 10.1. The number of alkyl halides is 1. The zero-order valence-corrected chi connectivity index (χ0v) is 14.3. The summed E-state index contributed by atoms with van der Waals surface area (Å²) in [6, 6.07) is 4.56. The number of benzene rings is 1. The molecular formula is C18H18FN3O4.